The van der Waals surface area contributed by atoms with Crippen molar-refractivity contribution in [3.8, 4) is 5.75 Å². The van der Waals surface area contributed by atoms with Gasteiger partial charge in [-0.15, -0.1) is 0 Å². The lowest BCUT2D eigenvalue weighted by atomic mass is 10.0. The summed E-state index contributed by atoms with van der Waals surface area (Å²) in [5.74, 6) is -0.692. The summed E-state index contributed by atoms with van der Waals surface area (Å²) in [5, 5.41) is 11.9. The van der Waals surface area contributed by atoms with Crippen LogP contribution >= 0.6 is 0 Å². The number of aromatic carboxylic acids is 1. The van der Waals surface area contributed by atoms with Crippen LogP contribution in [-0.2, 0) is 4.74 Å². The molecule has 0 heterocycles. The molecular weight excluding hydrogens is 322 g/mol. The van der Waals surface area contributed by atoms with Crippen molar-refractivity contribution in [3.05, 3.63) is 65.2 Å². The number of carboxylic acid groups (broad SMARTS) is 1. The van der Waals surface area contributed by atoms with E-state index in [1.54, 1.807) is 26.4 Å². The monoisotopic (exact) mass is 343 g/mol. The number of nitrogens with one attached hydrogen (secondary N) is 1. The highest BCUT2D eigenvalue weighted by molar-refractivity contribution is 5.97. The van der Waals surface area contributed by atoms with E-state index in [-0.39, 0.29) is 29.2 Å². The third-order valence-corrected chi connectivity index (χ3v) is 3.88. The van der Waals surface area contributed by atoms with Gasteiger partial charge in [0.25, 0.3) is 5.91 Å². The topological polar surface area (TPSA) is 84.9 Å². The van der Waals surface area contributed by atoms with Crippen molar-refractivity contribution in [3.63, 3.8) is 0 Å². The Labute approximate surface area is 146 Å². The van der Waals surface area contributed by atoms with Gasteiger partial charge in [0.2, 0.25) is 0 Å². The number of rotatable bonds is 7. The average molecular weight is 343 g/mol. The first-order valence-corrected chi connectivity index (χ1v) is 7.77. The van der Waals surface area contributed by atoms with E-state index in [4.69, 9.17) is 14.6 Å². The molecule has 0 spiro atoms. The van der Waals surface area contributed by atoms with Crippen LogP contribution in [0.15, 0.2) is 48.5 Å². The lowest BCUT2D eigenvalue weighted by Crippen LogP contribution is -2.37. The Morgan fingerprint density at radius 3 is 2.24 bits per heavy atom. The molecular formula is C19H21NO5. The summed E-state index contributed by atoms with van der Waals surface area (Å²) in [6, 6.07) is 13.0. The summed E-state index contributed by atoms with van der Waals surface area (Å²) < 4.78 is 10.7. The van der Waals surface area contributed by atoms with Crippen LogP contribution in [-0.4, -0.2) is 37.2 Å². The average Bonchev–Trinajstić information content (AvgIpc) is 2.63. The number of methoxy groups -OCH3 is 2. The number of amides is 1. The van der Waals surface area contributed by atoms with Crippen LogP contribution < -0.4 is 10.1 Å². The molecule has 6 heteroatoms. The molecule has 0 aliphatic rings. The Kier molecular flexibility index (Phi) is 6.14. The van der Waals surface area contributed by atoms with E-state index < -0.39 is 5.97 Å². The minimum absolute atomic E-state index is 0.0683. The van der Waals surface area contributed by atoms with Gasteiger partial charge in [-0.1, -0.05) is 18.2 Å². The second-order valence-electron chi connectivity index (χ2n) is 5.58. The second-order valence-corrected chi connectivity index (χ2v) is 5.58. The van der Waals surface area contributed by atoms with Crippen molar-refractivity contribution in [2.75, 3.05) is 14.2 Å². The Morgan fingerprint density at radius 2 is 1.68 bits per heavy atom. The third-order valence-electron chi connectivity index (χ3n) is 3.88. The first-order valence-electron chi connectivity index (χ1n) is 7.77. The van der Waals surface area contributed by atoms with Gasteiger partial charge in [0.05, 0.1) is 18.7 Å². The fourth-order valence-corrected chi connectivity index (χ4v) is 2.58. The standard InChI is InChI=1S/C19H21NO5/c1-12(17(25-3)13-7-9-16(24-2)10-8-13)20-18(21)14-5-4-6-15(11-14)19(22)23/h4-12,17H,1-3H3,(H,20,21)(H,22,23). The Balaban J connectivity index is 2.12. The number of carbonyl (C=O) groups is 2. The van der Waals surface area contributed by atoms with Crippen LogP contribution in [0.3, 0.4) is 0 Å². The highest BCUT2D eigenvalue weighted by Crippen LogP contribution is 2.23. The summed E-state index contributed by atoms with van der Waals surface area (Å²) in [6.07, 6.45) is -0.350. The Hall–Kier alpha value is -2.86. The van der Waals surface area contributed by atoms with Gasteiger partial charge >= 0.3 is 5.97 Å². The van der Waals surface area contributed by atoms with Crippen LogP contribution in [0, 0.1) is 0 Å². The minimum Gasteiger partial charge on any atom is -0.497 e. The molecule has 132 valence electrons. The van der Waals surface area contributed by atoms with Gasteiger partial charge in [-0.2, -0.15) is 0 Å². The Bertz CT molecular complexity index is 742. The summed E-state index contributed by atoms with van der Waals surface area (Å²) in [7, 11) is 3.17. The molecule has 0 saturated carbocycles. The zero-order chi connectivity index (χ0) is 18.4. The van der Waals surface area contributed by atoms with E-state index in [2.05, 4.69) is 5.32 Å². The molecule has 25 heavy (non-hydrogen) atoms. The normalized spacial score (nSPS) is 12.9. The maximum atomic E-state index is 12.4. The van der Waals surface area contributed by atoms with Crippen molar-refractivity contribution in [2.45, 2.75) is 19.1 Å². The molecule has 0 bridgehead atoms. The summed E-state index contributed by atoms with van der Waals surface area (Å²) in [4.78, 5) is 23.4. The number of benzene rings is 2. The van der Waals surface area contributed by atoms with Gasteiger partial charge < -0.3 is 19.9 Å². The zero-order valence-corrected chi connectivity index (χ0v) is 14.4. The predicted octanol–water partition coefficient (Wildman–Crippen LogP) is 2.90. The van der Waals surface area contributed by atoms with Gasteiger partial charge in [0, 0.05) is 12.7 Å². The molecule has 2 atom stereocenters. The first kappa shape index (κ1) is 18.5. The summed E-state index contributed by atoms with van der Waals surface area (Å²) >= 11 is 0. The van der Waals surface area contributed by atoms with Gasteiger partial charge in [-0.25, -0.2) is 4.79 Å². The summed E-state index contributed by atoms with van der Waals surface area (Å²) in [6.45, 7) is 1.83. The molecule has 2 N–H and O–H groups in total. The second kappa shape index (κ2) is 8.30. The van der Waals surface area contributed by atoms with Crippen LogP contribution in [0.4, 0.5) is 0 Å². The molecule has 1 amide bonds. The number of hydrogen-bond donors (Lipinski definition) is 2. The van der Waals surface area contributed by atoms with Crippen molar-refractivity contribution >= 4 is 11.9 Å². The van der Waals surface area contributed by atoms with E-state index in [1.165, 1.54) is 12.1 Å². The number of ether oxygens (including phenoxy) is 2. The fourth-order valence-electron chi connectivity index (χ4n) is 2.58. The smallest absolute Gasteiger partial charge is 0.335 e. The van der Waals surface area contributed by atoms with Crippen LogP contribution in [0.1, 0.15) is 39.3 Å². The van der Waals surface area contributed by atoms with Gasteiger partial charge in [0.15, 0.2) is 0 Å². The highest BCUT2D eigenvalue weighted by Gasteiger charge is 2.21. The molecule has 0 radical (unpaired) electrons. The van der Waals surface area contributed by atoms with Crippen molar-refractivity contribution < 1.29 is 24.2 Å². The number of hydrogen-bond acceptors (Lipinski definition) is 4. The maximum Gasteiger partial charge on any atom is 0.335 e. The molecule has 2 rings (SSSR count). The van der Waals surface area contributed by atoms with Gasteiger partial charge in [0.1, 0.15) is 11.9 Å². The molecule has 2 aromatic carbocycles. The van der Waals surface area contributed by atoms with E-state index in [0.717, 1.165) is 11.3 Å². The van der Waals surface area contributed by atoms with Crippen molar-refractivity contribution in [2.24, 2.45) is 0 Å². The lowest BCUT2D eigenvalue weighted by molar-refractivity contribution is 0.0644. The van der Waals surface area contributed by atoms with E-state index in [1.807, 2.05) is 31.2 Å². The highest BCUT2D eigenvalue weighted by atomic mass is 16.5. The fraction of sp³-hybridized carbons (Fsp3) is 0.263. The molecule has 6 nitrogen and oxygen atoms in total. The zero-order valence-electron chi connectivity index (χ0n) is 14.4. The summed E-state index contributed by atoms with van der Waals surface area (Å²) in [5.41, 5.74) is 1.26. The maximum absolute atomic E-state index is 12.4. The minimum atomic E-state index is -1.07. The van der Waals surface area contributed by atoms with Crippen LogP contribution in [0.25, 0.3) is 0 Å². The molecule has 0 aliphatic carbocycles. The van der Waals surface area contributed by atoms with Gasteiger partial charge in [-0.3, -0.25) is 4.79 Å². The van der Waals surface area contributed by atoms with E-state index in [9.17, 15) is 9.59 Å². The number of carbonyl (C=O) groups excluding carboxylic acids is 1. The number of carboxylic acids is 1. The van der Waals surface area contributed by atoms with Crippen LogP contribution in [0.5, 0.6) is 5.75 Å². The van der Waals surface area contributed by atoms with Crippen LogP contribution in [0.2, 0.25) is 0 Å². The Morgan fingerprint density at radius 1 is 1.04 bits per heavy atom. The third kappa shape index (κ3) is 4.58. The van der Waals surface area contributed by atoms with E-state index >= 15 is 0 Å². The molecule has 2 aromatic rings. The lowest BCUT2D eigenvalue weighted by Gasteiger charge is -2.24. The first-order chi connectivity index (χ1) is 12.0. The quantitative estimate of drug-likeness (QED) is 0.807. The SMILES string of the molecule is COc1ccc(C(OC)C(C)NC(=O)c2cccc(C(=O)O)c2)cc1. The molecule has 0 fully saturated rings. The van der Waals surface area contributed by atoms with Crippen molar-refractivity contribution in [1.82, 2.24) is 5.32 Å². The van der Waals surface area contributed by atoms with Crippen molar-refractivity contribution in [1.29, 1.82) is 0 Å². The molecule has 0 aromatic heterocycles. The molecule has 2 unspecified atom stereocenters. The van der Waals surface area contributed by atoms with Gasteiger partial charge in [-0.05, 0) is 42.8 Å². The largest absolute Gasteiger partial charge is 0.497 e. The predicted molar refractivity (Wildman–Crippen MR) is 93.1 cm³/mol. The van der Waals surface area contributed by atoms with E-state index in [0.29, 0.717) is 0 Å². The molecule has 0 aliphatic heterocycles. The molecule has 0 saturated heterocycles.